The summed E-state index contributed by atoms with van der Waals surface area (Å²) in [6.07, 6.45) is 0. The molecule has 2 aromatic rings. The number of carbonyl (C=O) groups excluding carboxylic acids is 1. The van der Waals surface area contributed by atoms with Crippen LogP contribution in [0.25, 0.3) is 0 Å². The highest BCUT2D eigenvalue weighted by Gasteiger charge is 2.18. The molecule has 8 heteroatoms. The van der Waals surface area contributed by atoms with Crippen LogP contribution >= 0.6 is 11.6 Å². The number of anilines is 1. The minimum Gasteiger partial charge on any atom is -0.497 e. The van der Waals surface area contributed by atoms with Crippen LogP contribution in [0, 0.1) is 0 Å². The number of rotatable bonds is 5. The highest BCUT2D eigenvalue weighted by atomic mass is 35.5. The summed E-state index contributed by atoms with van der Waals surface area (Å²) in [5.74, 6) is 0.0985. The molecule has 0 aliphatic heterocycles. The third-order valence-electron chi connectivity index (χ3n) is 3.07. The summed E-state index contributed by atoms with van der Waals surface area (Å²) < 4.78 is 32.3. The van der Waals surface area contributed by atoms with Gasteiger partial charge in [-0.05, 0) is 42.5 Å². The average Bonchev–Trinajstić information content (AvgIpc) is 2.55. The zero-order valence-electron chi connectivity index (χ0n) is 12.5. The number of benzene rings is 2. The van der Waals surface area contributed by atoms with Gasteiger partial charge in [0.1, 0.15) is 5.75 Å². The largest absolute Gasteiger partial charge is 0.497 e. The molecule has 2 N–H and O–H groups in total. The summed E-state index contributed by atoms with van der Waals surface area (Å²) in [7, 11) is -0.903. The molecule has 0 bridgehead atoms. The van der Waals surface area contributed by atoms with E-state index >= 15 is 0 Å². The molecule has 6 nitrogen and oxygen atoms in total. The molecule has 0 unspecified atom stereocenters. The van der Waals surface area contributed by atoms with Crippen molar-refractivity contribution in [2.75, 3.05) is 18.9 Å². The van der Waals surface area contributed by atoms with E-state index in [4.69, 9.17) is 16.3 Å². The molecule has 0 fully saturated rings. The van der Waals surface area contributed by atoms with Gasteiger partial charge in [0, 0.05) is 12.1 Å². The summed E-state index contributed by atoms with van der Waals surface area (Å²) in [4.78, 5) is 11.9. The lowest BCUT2D eigenvalue weighted by molar-refractivity contribution is 0.0964. The second-order valence-electron chi connectivity index (χ2n) is 4.55. The van der Waals surface area contributed by atoms with Crippen molar-refractivity contribution in [3.63, 3.8) is 0 Å². The van der Waals surface area contributed by atoms with Gasteiger partial charge >= 0.3 is 0 Å². The van der Waals surface area contributed by atoms with Crippen molar-refractivity contribution in [3.8, 4) is 5.75 Å². The molecule has 0 aliphatic carbocycles. The maximum absolute atomic E-state index is 12.4. The van der Waals surface area contributed by atoms with E-state index in [9.17, 15) is 13.2 Å². The number of methoxy groups -OCH3 is 1. The molecule has 0 saturated heterocycles. The molecule has 2 aromatic carbocycles. The van der Waals surface area contributed by atoms with Crippen LogP contribution in [0.1, 0.15) is 10.4 Å². The van der Waals surface area contributed by atoms with Crippen molar-refractivity contribution >= 4 is 33.2 Å². The number of carbonyl (C=O) groups is 1. The SMILES string of the molecule is CNC(=O)c1cc(Cl)ccc1NS(=O)(=O)c1ccc(OC)cc1. The van der Waals surface area contributed by atoms with Gasteiger partial charge in [0.2, 0.25) is 0 Å². The van der Waals surface area contributed by atoms with Crippen LogP contribution in [0.4, 0.5) is 5.69 Å². The van der Waals surface area contributed by atoms with Crippen molar-refractivity contribution in [2.24, 2.45) is 0 Å². The van der Waals surface area contributed by atoms with Gasteiger partial charge in [-0.2, -0.15) is 0 Å². The Kier molecular flexibility index (Phi) is 5.12. The minimum absolute atomic E-state index is 0.0520. The van der Waals surface area contributed by atoms with E-state index in [1.54, 1.807) is 0 Å². The Bertz CT molecular complexity index is 820. The van der Waals surface area contributed by atoms with Crippen LogP contribution < -0.4 is 14.8 Å². The van der Waals surface area contributed by atoms with Gasteiger partial charge in [-0.15, -0.1) is 0 Å². The van der Waals surface area contributed by atoms with Gasteiger partial charge in [0.25, 0.3) is 15.9 Å². The average molecular weight is 355 g/mol. The third-order valence-corrected chi connectivity index (χ3v) is 4.68. The van der Waals surface area contributed by atoms with Crippen LogP contribution in [-0.2, 0) is 10.0 Å². The van der Waals surface area contributed by atoms with Gasteiger partial charge in [0.05, 0.1) is 23.3 Å². The molecule has 1 amide bonds. The Morgan fingerprint density at radius 2 is 1.78 bits per heavy atom. The number of hydrogen-bond donors (Lipinski definition) is 2. The smallest absolute Gasteiger partial charge is 0.261 e. The quantitative estimate of drug-likeness (QED) is 0.864. The lowest BCUT2D eigenvalue weighted by atomic mass is 10.2. The number of sulfonamides is 1. The molecular weight excluding hydrogens is 340 g/mol. The van der Waals surface area contributed by atoms with Gasteiger partial charge in [-0.25, -0.2) is 8.42 Å². The van der Waals surface area contributed by atoms with E-state index in [2.05, 4.69) is 10.0 Å². The molecule has 0 atom stereocenters. The number of halogens is 1. The molecule has 0 heterocycles. The topological polar surface area (TPSA) is 84.5 Å². The van der Waals surface area contributed by atoms with Crippen LogP contribution in [0.2, 0.25) is 5.02 Å². The van der Waals surface area contributed by atoms with Crippen LogP contribution in [0.15, 0.2) is 47.4 Å². The molecule has 0 spiro atoms. The van der Waals surface area contributed by atoms with Gasteiger partial charge in [-0.3, -0.25) is 9.52 Å². The molecule has 0 radical (unpaired) electrons. The summed E-state index contributed by atoms with van der Waals surface area (Å²) in [6, 6.07) is 10.2. The zero-order chi connectivity index (χ0) is 17.0. The van der Waals surface area contributed by atoms with E-state index in [0.29, 0.717) is 10.8 Å². The minimum atomic E-state index is -3.84. The second-order valence-corrected chi connectivity index (χ2v) is 6.67. The van der Waals surface area contributed by atoms with Crippen LogP contribution in [0.3, 0.4) is 0 Å². The number of ether oxygens (including phenoxy) is 1. The third kappa shape index (κ3) is 3.94. The highest BCUT2D eigenvalue weighted by Crippen LogP contribution is 2.24. The normalized spacial score (nSPS) is 10.9. The summed E-state index contributed by atoms with van der Waals surface area (Å²) in [5, 5.41) is 2.77. The first-order chi connectivity index (χ1) is 10.9. The Morgan fingerprint density at radius 3 is 2.35 bits per heavy atom. The van der Waals surface area contributed by atoms with E-state index in [1.165, 1.54) is 56.6 Å². The first kappa shape index (κ1) is 17.1. The lowest BCUT2D eigenvalue weighted by Gasteiger charge is -2.12. The monoisotopic (exact) mass is 354 g/mol. The Morgan fingerprint density at radius 1 is 1.13 bits per heavy atom. The standard InChI is InChI=1S/C15H15ClN2O4S/c1-17-15(19)13-9-10(16)3-8-14(13)18-23(20,21)12-6-4-11(22-2)5-7-12/h3-9,18H,1-2H3,(H,17,19). The fraction of sp³-hybridized carbons (Fsp3) is 0.133. The first-order valence-corrected chi connectivity index (χ1v) is 8.42. The van der Waals surface area contributed by atoms with Crippen molar-refractivity contribution < 1.29 is 17.9 Å². The molecular formula is C15H15ClN2O4S. The summed E-state index contributed by atoms with van der Waals surface area (Å²) in [5.41, 5.74) is 0.279. The van der Waals surface area contributed by atoms with E-state index < -0.39 is 15.9 Å². The van der Waals surface area contributed by atoms with Gasteiger partial charge < -0.3 is 10.1 Å². The fourth-order valence-electron chi connectivity index (χ4n) is 1.89. The maximum atomic E-state index is 12.4. The summed E-state index contributed by atoms with van der Waals surface area (Å²) in [6.45, 7) is 0. The molecule has 0 aliphatic rings. The van der Waals surface area contributed by atoms with E-state index in [0.717, 1.165) is 0 Å². The van der Waals surface area contributed by atoms with Crippen molar-refractivity contribution in [3.05, 3.63) is 53.1 Å². The number of hydrogen-bond acceptors (Lipinski definition) is 4. The van der Waals surface area contributed by atoms with Gasteiger partial charge in [0.15, 0.2) is 0 Å². The Hall–Kier alpha value is -2.25. The zero-order valence-corrected chi connectivity index (χ0v) is 14.0. The predicted molar refractivity (Wildman–Crippen MR) is 88.6 cm³/mol. The Balaban J connectivity index is 2.38. The Labute approximate surface area is 139 Å². The first-order valence-electron chi connectivity index (χ1n) is 6.56. The number of nitrogens with one attached hydrogen (secondary N) is 2. The van der Waals surface area contributed by atoms with Crippen LogP contribution in [0.5, 0.6) is 5.75 Å². The van der Waals surface area contributed by atoms with Crippen molar-refractivity contribution in [2.45, 2.75) is 4.90 Å². The molecule has 0 aromatic heterocycles. The molecule has 122 valence electrons. The maximum Gasteiger partial charge on any atom is 0.261 e. The second kappa shape index (κ2) is 6.89. The van der Waals surface area contributed by atoms with Crippen molar-refractivity contribution in [1.82, 2.24) is 5.32 Å². The van der Waals surface area contributed by atoms with E-state index in [1.807, 2.05) is 0 Å². The molecule has 0 saturated carbocycles. The molecule has 2 rings (SSSR count). The van der Waals surface area contributed by atoms with Gasteiger partial charge in [-0.1, -0.05) is 11.6 Å². The fourth-order valence-corrected chi connectivity index (χ4v) is 3.14. The summed E-state index contributed by atoms with van der Waals surface area (Å²) >= 11 is 5.87. The van der Waals surface area contributed by atoms with Crippen molar-refractivity contribution in [1.29, 1.82) is 0 Å². The highest BCUT2D eigenvalue weighted by molar-refractivity contribution is 7.92. The number of amides is 1. The van der Waals surface area contributed by atoms with Crippen LogP contribution in [-0.4, -0.2) is 28.5 Å². The van der Waals surface area contributed by atoms with E-state index in [-0.39, 0.29) is 16.1 Å². The predicted octanol–water partition coefficient (Wildman–Crippen LogP) is 2.51. The molecule has 23 heavy (non-hydrogen) atoms. The lowest BCUT2D eigenvalue weighted by Crippen LogP contribution is -2.21.